The fraction of sp³-hybridized carbons (Fsp3) is 0.385. The maximum absolute atomic E-state index is 12.0. The van der Waals surface area contributed by atoms with Crippen molar-refractivity contribution in [1.29, 1.82) is 0 Å². The molecule has 1 aliphatic carbocycles. The second kappa shape index (κ2) is 3.32. The first-order valence-electron chi connectivity index (χ1n) is 5.82. The molecule has 1 unspecified atom stereocenters. The van der Waals surface area contributed by atoms with Crippen molar-refractivity contribution in [2.24, 2.45) is 11.3 Å². The van der Waals surface area contributed by atoms with Crippen molar-refractivity contribution in [2.75, 3.05) is 5.32 Å². The van der Waals surface area contributed by atoms with E-state index in [-0.39, 0.29) is 17.2 Å². The summed E-state index contributed by atoms with van der Waals surface area (Å²) in [5, 5.41) is 10.9. The Kier molecular flexibility index (Phi) is 2.02. The highest BCUT2D eigenvalue weighted by molar-refractivity contribution is 6.01. The molecule has 0 aliphatic heterocycles. The number of anilines is 1. The lowest BCUT2D eigenvalue weighted by molar-refractivity contribution is -0.118. The third kappa shape index (κ3) is 1.69. The first kappa shape index (κ1) is 10.3. The second-order valence-corrected chi connectivity index (χ2v) is 5.35. The van der Waals surface area contributed by atoms with Gasteiger partial charge in [0.25, 0.3) is 0 Å². The molecule has 1 amide bonds. The maximum atomic E-state index is 12.0. The number of amides is 1. The molecule has 4 heteroatoms. The van der Waals surface area contributed by atoms with E-state index in [1.54, 1.807) is 0 Å². The average molecular weight is 229 g/mol. The van der Waals surface area contributed by atoms with Crippen LogP contribution in [0.4, 0.5) is 5.82 Å². The molecule has 17 heavy (non-hydrogen) atoms. The summed E-state index contributed by atoms with van der Waals surface area (Å²) in [6.07, 6.45) is 0.960. The van der Waals surface area contributed by atoms with Crippen molar-refractivity contribution in [2.45, 2.75) is 20.3 Å². The zero-order valence-corrected chi connectivity index (χ0v) is 9.95. The van der Waals surface area contributed by atoms with Gasteiger partial charge in [-0.05, 0) is 24.0 Å². The van der Waals surface area contributed by atoms with Gasteiger partial charge in [-0.25, -0.2) is 0 Å². The number of aromatic nitrogens is 2. The van der Waals surface area contributed by atoms with Crippen LogP contribution in [-0.2, 0) is 4.79 Å². The number of aromatic amines is 1. The molecular formula is C13H15N3O. The zero-order chi connectivity index (χ0) is 12.0. The Labute approximate surface area is 99.4 Å². The quantitative estimate of drug-likeness (QED) is 0.831. The van der Waals surface area contributed by atoms with Crippen molar-refractivity contribution in [3.05, 3.63) is 24.3 Å². The molecule has 1 aromatic heterocycles. The van der Waals surface area contributed by atoms with Gasteiger partial charge in [0.05, 0.1) is 5.52 Å². The molecule has 3 rings (SSSR count). The van der Waals surface area contributed by atoms with Crippen LogP contribution in [-0.4, -0.2) is 16.1 Å². The summed E-state index contributed by atoms with van der Waals surface area (Å²) < 4.78 is 0. The summed E-state index contributed by atoms with van der Waals surface area (Å²) in [5.41, 5.74) is 1.09. The molecule has 1 aromatic carbocycles. The Morgan fingerprint density at radius 1 is 1.47 bits per heavy atom. The molecule has 1 heterocycles. The van der Waals surface area contributed by atoms with E-state index >= 15 is 0 Å². The first-order valence-corrected chi connectivity index (χ1v) is 5.82. The van der Waals surface area contributed by atoms with Crippen LogP contribution in [0, 0.1) is 11.3 Å². The minimum atomic E-state index is 0.0762. The standard InChI is InChI=1S/C13H15N3O/c1-13(2)7-9(13)12(17)14-11-8-5-3-4-6-10(8)15-16-11/h3-6,9H,7H2,1-2H3,(H2,14,15,16,17). The predicted octanol–water partition coefficient (Wildman–Crippen LogP) is 2.55. The minimum absolute atomic E-state index is 0.0762. The van der Waals surface area contributed by atoms with Crippen molar-refractivity contribution in [1.82, 2.24) is 10.2 Å². The highest BCUT2D eigenvalue weighted by Gasteiger charge is 2.50. The van der Waals surface area contributed by atoms with Gasteiger partial charge in [0.15, 0.2) is 5.82 Å². The fourth-order valence-electron chi connectivity index (χ4n) is 2.18. The SMILES string of the molecule is CC1(C)CC1C(=O)Nc1n[nH]c2ccccc12. The lowest BCUT2D eigenvalue weighted by Crippen LogP contribution is -2.16. The number of fused-ring (bicyclic) bond motifs is 1. The van der Waals surface area contributed by atoms with Crippen LogP contribution in [0.3, 0.4) is 0 Å². The van der Waals surface area contributed by atoms with Crippen LogP contribution in [0.1, 0.15) is 20.3 Å². The van der Waals surface area contributed by atoms with Crippen molar-refractivity contribution in [3.63, 3.8) is 0 Å². The van der Waals surface area contributed by atoms with Gasteiger partial charge in [0.2, 0.25) is 5.91 Å². The smallest absolute Gasteiger partial charge is 0.229 e. The third-order valence-electron chi connectivity index (χ3n) is 3.54. The molecule has 4 nitrogen and oxygen atoms in total. The molecule has 1 fully saturated rings. The average Bonchev–Trinajstić information content (AvgIpc) is 2.77. The highest BCUT2D eigenvalue weighted by Crippen LogP contribution is 2.52. The molecule has 2 N–H and O–H groups in total. The number of hydrogen-bond acceptors (Lipinski definition) is 2. The zero-order valence-electron chi connectivity index (χ0n) is 9.95. The monoisotopic (exact) mass is 229 g/mol. The number of H-pyrrole nitrogens is 1. The predicted molar refractivity (Wildman–Crippen MR) is 66.6 cm³/mol. The number of benzene rings is 1. The van der Waals surface area contributed by atoms with Crippen LogP contribution in [0.5, 0.6) is 0 Å². The molecule has 0 bridgehead atoms. The number of carbonyl (C=O) groups excluding carboxylic acids is 1. The fourth-order valence-corrected chi connectivity index (χ4v) is 2.18. The summed E-state index contributed by atoms with van der Waals surface area (Å²) >= 11 is 0. The van der Waals surface area contributed by atoms with Gasteiger partial charge in [-0.15, -0.1) is 0 Å². The summed E-state index contributed by atoms with van der Waals surface area (Å²) in [5.74, 6) is 0.832. The van der Waals surface area contributed by atoms with Gasteiger partial charge in [0.1, 0.15) is 0 Å². The largest absolute Gasteiger partial charge is 0.308 e. The number of para-hydroxylation sites is 1. The number of nitrogens with zero attached hydrogens (tertiary/aromatic N) is 1. The molecule has 0 saturated heterocycles. The van der Waals surface area contributed by atoms with Crippen molar-refractivity contribution >= 4 is 22.6 Å². The highest BCUT2D eigenvalue weighted by atomic mass is 16.2. The molecule has 1 saturated carbocycles. The van der Waals surface area contributed by atoms with E-state index in [4.69, 9.17) is 0 Å². The second-order valence-electron chi connectivity index (χ2n) is 5.35. The summed E-state index contributed by atoms with van der Waals surface area (Å²) in [6, 6.07) is 7.77. The maximum Gasteiger partial charge on any atom is 0.229 e. The Morgan fingerprint density at radius 2 is 2.18 bits per heavy atom. The van der Waals surface area contributed by atoms with E-state index in [0.29, 0.717) is 5.82 Å². The van der Waals surface area contributed by atoms with E-state index in [2.05, 4.69) is 29.4 Å². The number of nitrogens with one attached hydrogen (secondary N) is 2. The summed E-state index contributed by atoms with van der Waals surface area (Å²) in [4.78, 5) is 12.0. The molecule has 0 spiro atoms. The lowest BCUT2D eigenvalue weighted by Gasteiger charge is -2.03. The Hall–Kier alpha value is -1.84. The summed E-state index contributed by atoms with van der Waals surface area (Å²) in [6.45, 7) is 4.22. The lowest BCUT2D eigenvalue weighted by atomic mass is 10.1. The first-order chi connectivity index (χ1) is 8.08. The van der Waals surface area contributed by atoms with Gasteiger partial charge in [-0.1, -0.05) is 26.0 Å². The van der Waals surface area contributed by atoms with Crippen molar-refractivity contribution in [3.8, 4) is 0 Å². The molecule has 0 radical (unpaired) electrons. The Morgan fingerprint density at radius 3 is 2.88 bits per heavy atom. The number of hydrogen-bond donors (Lipinski definition) is 2. The van der Waals surface area contributed by atoms with Gasteiger partial charge in [0, 0.05) is 11.3 Å². The number of rotatable bonds is 2. The molecule has 88 valence electrons. The van der Waals surface area contributed by atoms with Crippen LogP contribution >= 0.6 is 0 Å². The molecule has 1 aliphatic rings. The van der Waals surface area contributed by atoms with E-state index in [0.717, 1.165) is 17.3 Å². The van der Waals surface area contributed by atoms with E-state index < -0.39 is 0 Å². The van der Waals surface area contributed by atoms with Crippen LogP contribution in [0.2, 0.25) is 0 Å². The van der Waals surface area contributed by atoms with Crippen LogP contribution < -0.4 is 5.32 Å². The van der Waals surface area contributed by atoms with Gasteiger partial charge in [-0.2, -0.15) is 5.10 Å². The Bertz CT molecular complexity index is 585. The molecular weight excluding hydrogens is 214 g/mol. The van der Waals surface area contributed by atoms with Crippen LogP contribution in [0.15, 0.2) is 24.3 Å². The summed E-state index contributed by atoms with van der Waals surface area (Å²) in [7, 11) is 0. The Balaban J connectivity index is 1.84. The van der Waals surface area contributed by atoms with E-state index in [9.17, 15) is 4.79 Å². The van der Waals surface area contributed by atoms with Gasteiger partial charge >= 0.3 is 0 Å². The molecule has 1 atom stereocenters. The normalized spacial score (nSPS) is 21.4. The van der Waals surface area contributed by atoms with Crippen LogP contribution in [0.25, 0.3) is 10.9 Å². The van der Waals surface area contributed by atoms with Crippen molar-refractivity contribution < 1.29 is 4.79 Å². The topological polar surface area (TPSA) is 57.8 Å². The molecule has 2 aromatic rings. The van der Waals surface area contributed by atoms with Gasteiger partial charge < -0.3 is 5.32 Å². The van der Waals surface area contributed by atoms with Gasteiger partial charge in [-0.3, -0.25) is 9.89 Å². The number of carbonyl (C=O) groups is 1. The third-order valence-corrected chi connectivity index (χ3v) is 3.54. The van der Waals surface area contributed by atoms with E-state index in [1.807, 2.05) is 24.3 Å². The van der Waals surface area contributed by atoms with E-state index in [1.165, 1.54) is 0 Å². The minimum Gasteiger partial charge on any atom is -0.308 e.